The van der Waals surface area contributed by atoms with Crippen LogP contribution in [0, 0.1) is 0 Å². The van der Waals surface area contributed by atoms with Gasteiger partial charge in [-0.1, -0.05) is 29.8 Å². The van der Waals surface area contributed by atoms with Crippen LogP contribution < -0.4 is 10.1 Å². The van der Waals surface area contributed by atoms with Crippen LogP contribution >= 0.6 is 11.6 Å². The molecule has 9 heteroatoms. The quantitative estimate of drug-likeness (QED) is 0.664. The molecule has 0 aliphatic carbocycles. The summed E-state index contributed by atoms with van der Waals surface area (Å²) < 4.78 is 38.4. The van der Waals surface area contributed by atoms with Crippen LogP contribution in [0.5, 0.6) is 5.75 Å². The molecule has 1 heterocycles. The SMILES string of the molecule is CCOc1ccc(NC(=O)CCc2ccccc2Cl)cc1S(=O)(=O)N1CCOCC1. The maximum absolute atomic E-state index is 13.1. The van der Waals surface area contributed by atoms with E-state index in [0.29, 0.717) is 37.0 Å². The summed E-state index contributed by atoms with van der Waals surface area (Å²) >= 11 is 6.13. The molecule has 0 atom stereocenters. The molecule has 0 spiro atoms. The molecule has 162 valence electrons. The third kappa shape index (κ3) is 5.51. The van der Waals surface area contributed by atoms with Crippen molar-refractivity contribution < 1.29 is 22.7 Å². The van der Waals surface area contributed by atoms with Crippen molar-refractivity contribution >= 4 is 33.2 Å². The van der Waals surface area contributed by atoms with Crippen molar-refractivity contribution in [1.29, 1.82) is 0 Å². The maximum Gasteiger partial charge on any atom is 0.246 e. The van der Waals surface area contributed by atoms with Crippen molar-refractivity contribution in [2.45, 2.75) is 24.7 Å². The average molecular weight is 453 g/mol. The monoisotopic (exact) mass is 452 g/mol. The first-order chi connectivity index (χ1) is 14.4. The van der Waals surface area contributed by atoms with Gasteiger partial charge in [0, 0.05) is 30.2 Å². The lowest BCUT2D eigenvalue weighted by molar-refractivity contribution is -0.116. The minimum absolute atomic E-state index is 0.0372. The molecular formula is C21H25ClN2O5S. The van der Waals surface area contributed by atoms with Gasteiger partial charge in [-0.25, -0.2) is 8.42 Å². The molecule has 0 bridgehead atoms. The van der Waals surface area contributed by atoms with E-state index in [-0.39, 0.29) is 36.1 Å². The number of carbonyl (C=O) groups is 1. The highest BCUT2D eigenvalue weighted by molar-refractivity contribution is 7.89. The molecule has 2 aromatic rings. The highest BCUT2D eigenvalue weighted by atomic mass is 35.5. The summed E-state index contributed by atoms with van der Waals surface area (Å²) in [7, 11) is -3.77. The van der Waals surface area contributed by atoms with Gasteiger partial charge in [-0.05, 0) is 43.2 Å². The molecule has 1 N–H and O–H groups in total. The van der Waals surface area contributed by atoms with Gasteiger partial charge < -0.3 is 14.8 Å². The van der Waals surface area contributed by atoms with Crippen LogP contribution in [0.1, 0.15) is 18.9 Å². The number of halogens is 1. The summed E-state index contributed by atoms with van der Waals surface area (Å²) in [5, 5.41) is 3.39. The highest BCUT2D eigenvalue weighted by Crippen LogP contribution is 2.30. The van der Waals surface area contributed by atoms with E-state index >= 15 is 0 Å². The molecule has 0 radical (unpaired) electrons. The number of sulfonamides is 1. The average Bonchev–Trinajstić information content (AvgIpc) is 2.75. The van der Waals surface area contributed by atoms with Gasteiger partial charge in [-0.2, -0.15) is 4.31 Å². The van der Waals surface area contributed by atoms with Gasteiger partial charge in [-0.15, -0.1) is 0 Å². The number of benzene rings is 2. The lowest BCUT2D eigenvalue weighted by Gasteiger charge is -2.27. The molecule has 0 saturated carbocycles. The van der Waals surface area contributed by atoms with Crippen molar-refractivity contribution in [3.63, 3.8) is 0 Å². The van der Waals surface area contributed by atoms with Crippen LogP contribution in [0.15, 0.2) is 47.4 Å². The third-order valence-corrected chi connectivity index (χ3v) is 6.98. The third-order valence-electron chi connectivity index (χ3n) is 4.69. The van der Waals surface area contributed by atoms with Crippen molar-refractivity contribution in [3.05, 3.63) is 53.1 Å². The van der Waals surface area contributed by atoms with Gasteiger partial charge in [0.05, 0.1) is 19.8 Å². The largest absolute Gasteiger partial charge is 0.492 e. The zero-order valence-electron chi connectivity index (χ0n) is 16.8. The number of amides is 1. The molecular weight excluding hydrogens is 428 g/mol. The van der Waals surface area contributed by atoms with Gasteiger partial charge in [0.15, 0.2) is 0 Å². The Hall–Kier alpha value is -2.13. The predicted molar refractivity (Wildman–Crippen MR) is 116 cm³/mol. The van der Waals surface area contributed by atoms with Gasteiger partial charge in [-0.3, -0.25) is 4.79 Å². The lowest BCUT2D eigenvalue weighted by atomic mass is 10.1. The first kappa shape index (κ1) is 22.6. The van der Waals surface area contributed by atoms with Gasteiger partial charge in [0.25, 0.3) is 0 Å². The number of aryl methyl sites for hydroxylation is 1. The van der Waals surface area contributed by atoms with E-state index in [1.54, 1.807) is 25.1 Å². The van der Waals surface area contributed by atoms with Crippen LogP contribution in [0.25, 0.3) is 0 Å². The second kappa shape index (κ2) is 10.3. The molecule has 0 unspecified atom stereocenters. The van der Waals surface area contributed by atoms with Crippen molar-refractivity contribution in [1.82, 2.24) is 4.31 Å². The first-order valence-corrected chi connectivity index (χ1v) is 11.6. The maximum atomic E-state index is 13.1. The van der Waals surface area contributed by atoms with Crippen LogP contribution in [0.4, 0.5) is 5.69 Å². The topological polar surface area (TPSA) is 84.9 Å². The Morgan fingerprint density at radius 1 is 1.20 bits per heavy atom. The summed E-state index contributed by atoms with van der Waals surface area (Å²) in [5.41, 5.74) is 1.28. The molecule has 30 heavy (non-hydrogen) atoms. The van der Waals surface area contributed by atoms with Gasteiger partial charge in [0.1, 0.15) is 10.6 Å². The van der Waals surface area contributed by atoms with E-state index in [9.17, 15) is 13.2 Å². The second-order valence-electron chi connectivity index (χ2n) is 6.75. The normalized spacial score (nSPS) is 15.0. The molecule has 2 aromatic carbocycles. The Balaban J connectivity index is 1.76. The van der Waals surface area contributed by atoms with Crippen LogP contribution in [-0.2, 0) is 26.0 Å². The van der Waals surface area contributed by atoms with E-state index in [4.69, 9.17) is 21.1 Å². The van der Waals surface area contributed by atoms with Crippen molar-refractivity contribution in [2.75, 3.05) is 38.2 Å². The Morgan fingerprint density at radius 3 is 2.63 bits per heavy atom. The Bertz CT molecular complexity index is 991. The first-order valence-electron chi connectivity index (χ1n) is 9.80. The summed E-state index contributed by atoms with van der Waals surface area (Å²) in [4.78, 5) is 12.4. The number of morpholine rings is 1. The van der Waals surface area contributed by atoms with Crippen molar-refractivity contribution in [3.8, 4) is 5.75 Å². The smallest absolute Gasteiger partial charge is 0.246 e. The number of nitrogens with zero attached hydrogens (tertiary/aromatic N) is 1. The van der Waals surface area contributed by atoms with E-state index in [2.05, 4.69) is 5.32 Å². The van der Waals surface area contributed by atoms with Crippen LogP contribution in [0.3, 0.4) is 0 Å². The summed E-state index contributed by atoms with van der Waals surface area (Å²) in [5.74, 6) is 0.0341. The van der Waals surface area contributed by atoms with Gasteiger partial charge >= 0.3 is 0 Å². The fraction of sp³-hybridized carbons (Fsp3) is 0.381. The zero-order chi connectivity index (χ0) is 21.6. The summed E-state index contributed by atoms with van der Waals surface area (Å²) in [6, 6.07) is 12.0. The number of nitrogens with one attached hydrogen (secondary N) is 1. The summed E-state index contributed by atoms with van der Waals surface area (Å²) in [6.07, 6.45) is 0.712. The number of hydrogen-bond donors (Lipinski definition) is 1. The van der Waals surface area contributed by atoms with E-state index in [1.807, 2.05) is 18.2 Å². The zero-order valence-corrected chi connectivity index (χ0v) is 18.3. The fourth-order valence-corrected chi connectivity index (χ4v) is 4.96. The minimum Gasteiger partial charge on any atom is -0.492 e. The molecule has 1 saturated heterocycles. The molecule has 0 aromatic heterocycles. The Labute approximate surface area is 182 Å². The number of carbonyl (C=O) groups excluding carboxylic acids is 1. The molecule has 1 aliphatic rings. The number of ether oxygens (including phenoxy) is 2. The van der Waals surface area contributed by atoms with Crippen LogP contribution in [0.2, 0.25) is 5.02 Å². The number of hydrogen-bond acceptors (Lipinski definition) is 5. The van der Waals surface area contributed by atoms with E-state index in [1.165, 1.54) is 10.4 Å². The molecule has 1 aliphatic heterocycles. The van der Waals surface area contributed by atoms with Crippen molar-refractivity contribution in [2.24, 2.45) is 0 Å². The molecule has 1 amide bonds. The molecule has 7 nitrogen and oxygen atoms in total. The molecule has 3 rings (SSSR count). The Morgan fingerprint density at radius 2 is 1.93 bits per heavy atom. The standard InChI is InChI=1S/C21H25ClN2O5S/c1-2-29-19-9-8-17(15-20(19)30(26,27)24-11-13-28-14-12-24)23-21(25)10-7-16-5-3-4-6-18(16)22/h3-6,8-9,15H,2,7,10-14H2,1H3,(H,23,25). The van der Waals surface area contributed by atoms with E-state index in [0.717, 1.165) is 5.56 Å². The van der Waals surface area contributed by atoms with Crippen LogP contribution in [-0.4, -0.2) is 51.5 Å². The molecule has 1 fully saturated rings. The highest BCUT2D eigenvalue weighted by Gasteiger charge is 2.29. The summed E-state index contributed by atoms with van der Waals surface area (Å²) in [6.45, 7) is 3.37. The van der Waals surface area contributed by atoms with Gasteiger partial charge in [0.2, 0.25) is 15.9 Å². The fourth-order valence-electron chi connectivity index (χ4n) is 3.16. The minimum atomic E-state index is -3.77. The number of rotatable bonds is 8. The predicted octanol–water partition coefficient (Wildman–Crippen LogP) is 3.33. The van der Waals surface area contributed by atoms with E-state index < -0.39 is 10.0 Å². The Kier molecular flexibility index (Phi) is 7.71. The lowest BCUT2D eigenvalue weighted by Crippen LogP contribution is -2.40. The second-order valence-corrected chi connectivity index (χ2v) is 9.06. The number of anilines is 1.